The van der Waals surface area contributed by atoms with Crippen molar-refractivity contribution in [3.63, 3.8) is 0 Å². The Balaban J connectivity index is 1.61. The summed E-state index contributed by atoms with van der Waals surface area (Å²) in [6, 6.07) is 7.89. The van der Waals surface area contributed by atoms with E-state index in [1.54, 1.807) is 11.4 Å². The molecule has 1 aliphatic heterocycles. The summed E-state index contributed by atoms with van der Waals surface area (Å²) in [5, 5.41) is 1.69. The third-order valence-electron chi connectivity index (χ3n) is 4.27. The number of alkyl halides is 3. The molecular formula is C18H17F3N2O3S2. The van der Waals surface area contributed by atoms with Crippen molar-refractivity contribution in [3.05, 3.63) is 59.0 Å². The number of nitrogens with zero attached hydrogens (tertiary/aromatic N) is 2. The Morgan fingerprint density at radius 2 is 1.79 bits per heavy atom. The van der Waals surface area contributed by atoms with Crippen molar-refractivity contribution in [2.45, 2.75) is 10.4 Å². The zero-order chi connectivity index (χ0) is 20.4. The van der Waals surface area contributed by atoms with Crippen LogP contribution in [0.2, 0.25) is 0 Å². The van der Waals surface area contributed by atoms with Gasteiger partial charge in [-0.15, -0.1) is 11.3 Å². The molecule has 1 fully saturated rings. The highest BCUT2D eigenvalue weighted by atomic mass is 32.2. The first-order valence-electron chi connectivity index (χ1n) is 8.36. The van der Waals surface area contributed by atoms with Gasteiger partial charge in [0.05, 0.1) is 5.56 Å². The molecule has 0 saturated carbocycles. The Morgan fingerprint density at radius 3 is 2.39 bits per heavy atom. The van der Waals surface area contributed by atoms with E-state index in [0.29, 0.717) is 0 Å². The number of hydrogen-bond acceptors (Lipinski definition) is 4. The number of thiophene rings is 1. The quantitative estimate of drug-likeness (QED) is 0.700. The minimum absolute atomic E-state index is 0.170. The molecule has 0 aliphatic carbocycles. The predicted octanol–water partition coefficient (Wildman–Crippen LogP) is 3.31. The summed E-state index contributed by atoms with van der Waals surface area (Å²) in [6.45, 7) is 0.777. The fourth-order valence-corrected chi connectivity index (χ4v) is 5.34. The first-order chi connectivity index (χ1) is 13.2. The molecule has 10 heteroatoms. The zero-order valence-corrected chi connectivity index (χ0v) is 16.2. The SMILES string of the molecule is O=C(C=Cc1cccc(C(F)(F)F)c1)N1CCN(S(=O)(=O)c2cccs2)CC1. The van der Waals surface area contributed by atoms with E-state index >= 15 is 0 Å². The van der Waals surface area contributed by atoms with Gasteiger partial charge in [-0.3, -0.25) is 4.79 Å². The number of sulfonamides is 1. The van der Waals surface area contributed by atoms with Gasteiger partial charge in [0.15, 0.2) is 0 Å². The van der Waals surface area contributed by atoms with E-state index in [1.165, 1.54) is 39.6 Å². The van der Waals surface area contributed by atoms with Gasteiger partial charge in [-0.1, -0.05) is 18.2 Å². The lowest BCUT2D eigenvalue weighted by atomic mass is 10.1. The lowest BCUT2D eigenvalue weighted by Crippen LogP contribution is -2.50. The molecule has 0 radical (unpaired) electrons. The van der Waals surface area contributed by atoms with E-state index in [1.807, 2.05) is 0 Å². The Hall–Kier alpha value is -2.17. The van der Waals surface area contributed by atoms with Crippen molar-refractivity contribution in [2.24, 2.45) is 0 Å². The van der Waals surface area contributed by atoms with Crippen LogP contribution in [0, 0.1) is 0 Å². The first kappa shape index (κ1) is 20.6. The summed E-state index contributed by atoms with van der Waals surface area (Å²) < 4.78 is 64.8. The second-order valence-electron chi connectivity index (χ2n) is 6.12. The van der Waals surface area contributed by atoms with E-state index in [4.69, 9.17) is 0 Å². The van der Waals surface area contributed by atoms with E-state index in [0.717, 1.165) is 23.5 Å². The van der Waals surface area contributed by atoms with E-state index < -0.39 is 21.8 Å². The lowest BCUT2D eigenvalue weighted by molar-refractivity contribution is -0.137. The third-order valence-corrected chi connectivity index (χ3v) is 7.54. The maximum Gasteiger partial charge on any atom is 0.416 e. The molecule has 5 nitrogen and oxygen atoms in total. The molecule has 0 atom stereocenters. The van der Waals surface area contributed by atoms with Gasteiger partial charge in [-0.25, -0.2) is 8.42 Å². The standard InChI is InChI=1S/C18H17F3N2O3S2/c19-18(20,21)15-4-1-3-14(13-15)6-7-16(24)22-8-10-23(11-9-22)28(25,26)17-5-2-12-27-17/h1-7,12-13H,8-11H2. The van der Waals surface area contributed by atoms with Gasteiger partial charge in [0.25, 0.3) is 10.0 Å². The topological polar surface area (TPSA) is 57.7 Å². The molecular weight excluding hydrogens is 413 g/mol. The Labute approximate surface area is 164 Å². The maximum atomic E-state index is 12.7. The number of benzene rings is 1. The second kappa shape index (κ2) is 8.06. The number of amides is 1. The zero-order valence-electron chi connectivity index (χ0n) is 14.6. The maximum absolute atomic E-state index is 12.7. The Morgan fingerprint density at radius 1 is 1.07 bits per heavy atom. The van der Waals surface area contributed by atoms with E-state index in [-0.39, 0.29) is 41.9 Å². The van der Waals surface area contributed by atoms with Crippen LogP contribution < -0.4 is 0 Å². The van der Waals surface area contributed by atoms with Crippen molar-refractivity contribution in [3.8, 4) is 0 Å². The second-order valence-corrected chi connectivity index (χ2v) is 9.23. The Bertz CT molecular complexity index is 962. The molecule has 3 rings (SSSR count). The molecule has 0 N–H and O–H groups in total. The van der Waals surface area contributed by atoms with Crippen molar-refractivity contribution in [2.75, 3.05) is 26.2 Å². The molecule has 2 heterocycles. The number of piperazine rings is 1. The molecule has 0 unspecified atom stereocenters. The van der Waals surface area contributed by atoms with Crippen LogP contribution >= 0.6 is 11.3 Å². The summed E-state index contributed by atoms with van der Waals surface area (Å²) in [4.78, 5) is 13.8. The minimum atomic E-state index is -4.45. The van der Waals surface area contributed by atoms with E-state index in [9.17, 15) is 26.4 Å². The molecule has 2 aromatic rings. The van der Waals surface area contributed by atoms with Gasteiger partial charge >= 0.3 is 6.18 Å². The molecule has 0 spiro atoms. The van der Waals surface area contributed by atoms with Gasteiger partial charge < -0.3 is 4.90 Å². The molecule has 0 bridgehead atoms. The molecule has 1 aromatic heterocycles. The number of carbonyl (C=O) groups is 1. The van der Waals surface area contributed by atoms with Crippen LogP contribution in [0.25, 0.3) is 6.08 Å². The largest absolute Gasteiger partial charge is 0.416 e. The van der Waals surface area contributed by atoms with Crippen molar-refractivity contribution >= 4 is 33.3 Å². The Kier molecular flexibility index (Phi) is 5.92. The normalized spacial score (nSPS) is 16.6. The molecule has 28 heavy (non-hydrogen) atoms. The highest BCUT2D eigenvalue weighted by Crippen LogP contribution is 2.29. The first-order valence-corrected chi connectivity index (χ1v) is 10.7. The molecule has 1 aliphatic rings. The van der Waals surface area contributed by atoms with Gasteiger partial charge in [0, 0.05) is 32.3 Å². The molecule has 1 aromatic carbocycles. The van der Waals surface area contributed by atoms with Crippen LogP contribution in [-0.2, 0) is 21.0 Å². The van der Waals surface area contributed by atoms with Crippen molar-refractivity contribution in [1.29, 1.82) is 0 Å². The van der Waals surface area contributed by atoms with Crippen LogP contribution in [-0.4, -0.2) is 49.7 Å². The molecule has 1 amide bonds. The van der Waals surface area contributed by atoms with Gasteiger partial charge in [-0.05, 0) is 35.2 Å². The summed E-state index contributed by atoms with van der Waals surface area (Å²) in [7, 11) is -3.55. The number of halogens is 3. The lowest BCUT2D eigenvalue weighted by Gasteiger charge is -2.33. The highest BCUT2D eigenvalue weighted by Gasteiger charge is 2.31. The average molecular weight is 430 g/mol. The third kappa shape index (κ3) is 4.62. The average Bonchev–Trinajstić information content (AvgIpc) is 3.21. The fourth-order valence-electron chi connectivity index (χ4n) is 2.78. The van der Waals surface area contributed by atoms with Crippen LogP contribution in [0.1, 0.15) is 11.1 Å². The van der Waals surface area contributed by atoms with Crippen LogP contribution in [0.15, 0.2) is 52.1 Å². The smallest absolute Gasteiger partial charge is 0.337 e. The van der Waals surface area contributed by atoms with Crippen LogP contribution in [0.5, 0.6) is 0 Å². The van der Waals surface area contributed by atoms with Crippen molar-refractivity contribution in [1.82, 2.24) is 9.21 Å². The fraction of sp³-hybridized carbons (Fsp3) is 0.278. The molecule has 150 valence electrons. The number of carbonyl (C=O) groups excluding carboxylic acids is 1. The summed E-state index contributed by atoms with van der Waals surface area (Å²) in [5.74, 6) is -0.370. The van der Waals surface area contributed by atoms with Crippen LogP contribution in [0.4, 0.5) is 13.2 Å². The van der Waals surface area contributed by atoms with Crippen molar-refractivity contribution < 1.29 is 26.4 Å². The summed E-state index contributed by atoms with van der Waals surface area (Å²) in [6.07, 6.45) is -1.91. The van der Waals surface area contributed by atoms with Crippen LogP contribution in [0.3, 0.4) is 0 Å². The van der Waals surface area contributed by atoms with Gasteiger partial charge in [0.1, 0.15) is 4.21 Å². The highest BCUT2D eigenvalue weighted by molar-refractivity contribution is 7.91. The summed E-state index contributed by atoms with van der Waals surface area (Å²) in [5.41, 5.74) is -0.517. The monoisotopic (exact) mass is 430 g/mol. The van der Waals surface area contributed by atoms with Gasteiger partial charge in [-0.2, -0.15) is 17.5 Å². The number of hydrogen-bond donors (Lipinski definition) is 0. The summed E-state index contributed by atoms with van der Waals surface area (Å²) >= 11 is 1.14. The number of rotatable bonds is 4. The minimum Gasteiger partial charge on any atom is -0.337 e. The molecule has 1 saturated heterocycles. The van der Waals surface area contributed by atoms with Gasteiger partial charge in [0.2, 0.25) is 5.91 Å². The predicted molar refractivity (Wildman–Crippen MR) is 100 cm³/mol. The van der Waals surface area contributed by atoms with E-state index in [2.05, 4.69) is 0 Å².